The summed E-state index contributed by atoms with van der Waals surface area (Å²) in [6, 6.07) is 8.57. The first-order chi connectivity index (χ1) is 9.38. The Labute approximate surface area is 111 Å². The fraction of sp³-hybridized carbons (Fsp3) is 0.312. The van der Waals surface area contributed by atoms with Crippen LogP contribution >= 0.6 is 0 Å². The van der Waals surface area contributed by atoms with Gasteiger partial charge in [0, 0.05) is 35.3 Å². The molecule has 1 aromatic heterocycles. The van der Waals surface area contributed by atoms with Crippen LogP contribution in [-0.2, 0) is 11.2 Å². The van der Waals surface area contributed by atoms with Crippen molar-refractivity contribution in [2.75, 3.05) is 13.1 Å². The summed E-state index contributed by atoms with van der Waals surface area (Å²) in [4.78, 5) is 17.3. The van der Waals surface area contributed by atoms with Crippen LogP contribution in [0.5, 0.6) is 0 Å². The number of H-pyrrole nitrogens is 1. The van der Waals surface area contributed by atoms with Crippen LogP contribution in [0.2, 0.25) is 0 Å². The Hall–Kier alpha value is -1.87. The molecule has 1 aromatic carbocycles. The number of fused-ring (bicyclic) bond motifs is 5. The topological polar surface area (TPSA) is 36.1 Å². The van der Waals surface area contributed by atoms with E-state index in [0.717, 1.165) is 37.8 Å². The minimum atomic E-state index is 0.141. The van der Waals surface area contributed by atoms with Gasteiger partial charge in [0.1, 0.15) is 6.29 Å². The van der Waals surface area contributed by atoms with Gasteiger partial charge in [0.25, 0.3) is 0 Å². The highest BCUT2D eigenvalue weighted by atomic mass is 16.1. The van der Waals surface area contributed by atoms with Crippen molar-refractivity contribution in [3.63, 3.8) is 0 Å². The second-order valence-corrected chi connectivity index (χ2v) is 5.36. The Morgan fingerprint density at radius 3 is 3.05 bits per heavy atom. The lowest BCUT2D eigenvalue weighted by molar-refractivity contribution is -0.105. The van der Waals surface area contributed by atoms with Gasteiger partial charge in [0.2, 0.25) is 0 Å². The molecule has 0 spiro atoms. The third kappa shape index (κ3) is 1.51. The largest absolute Gasteiger partial charge is 0.357 e. The van der Waals surface area contributed by atoms with Gasteiger partial charge in [-0.25, -0.2) is 0 Å². The van der Waals surface area contributed by atoms with E-state index in [1.807, 2.05) is 0 Å². The molecule has 0 saturated heterocycles. The van der Waals surface area contributed by atoms with Gasteiger partial charge in [-0.15, -0.1) is 0 Å². The number of rotatable bonds is 1. The van der Waals surface area contributed by atoms with E-state index in [1.165, 1.54) is 22.2 Å². The van der Waals surface area contributed by atoms with Crippen molar-refractivity contribution in [2.45, 2.75) is 18.9 Å². The molecule has 3 heteroatoms. The summed E-state index contributed by atoms with van der Waals surface area (Å²) in [6.45, 7) is 2.10. The molecule has 2 aliphatic heterocycles. The van der Waals surface area contributed by atoms with Gasteiger partial charge in [-0.2, -0.15) is 0 Å². The van der Waals surface area contributed by atoms with Crippen LogP contribution in [0, 0.1) is 0 Å². The Kier molecular flexibility index (Phi) is 2.35. The molecule has 96 valence electrons. The Morgan fingerprint density at radius 2 is 2.16 bits per heavy atom. The number of hydrogen-bond donors (Lipinski definition) is 1. The predicted molar refractivity (Wildman–Crippen MR) is 75.1 cm³/mol. The van der Waals surface area contributed by atoms with Crippen molar-refractivity contribution in [1.29, 1.82) is 0 Å². The van der Waals surface area contributed by atoms with Gasteiger partial charge in [0.05, 0.1) is 6.04 Å². The molecule has 0 fully saturated rings. The first-order valence-electron chi connectivity index (χ1n) is 6.87. The quantitative estimate of drug-likeness (QED) is 0.792. The SMILES string of the molecule is O=CC1=CCCN2CCc3c([nH]c4ccccc34)C12. The zero-order valence-electron chi connectivity index (χ0n) is 10.7. The number of aldehydes is 1. The van der Waals surface area contributed by atoms with Crippen molar-refractivity contribution in [2.24, 2.45) is 0 Å². The summed E-state index contributed by atoms with van der Waals surface area (Å²) in [7, 11) is 0. The molecule has 3 heterocycles. The molecule has 0 amide bonds. The van der Waals surface area contributed by atoms with Crippen LogP contribution < -0.4 is 0 Å². The highest BCUT2D eigenvalue weighted by Gasteiger charge is 2.33. The summed E-state index contributed by atoms with van der Waals surface area (Å²) >= 11 is 0. The Morgan fingerprint density at radius 1 is 1.26 bits per heavy atom. The van der Waals surface area contributed by atoms with Crippen molar-refractivity contribution < 1.29 is 4.79 Å². The van der Waals surface area contributed by atoms with E-state index in [0.29, 0.717) is 0 Å². The smallest absolute Gasteiger partial charge is 0.147 e. The summed E-state index contributed by atoms with van der Waals surface area (Å²) in [5.41, 5.74) is 4.72. The second kappa shape index (κ2) is 4.07. The average Bonchev–Trinajstić information content (AvgIpc) is 2.85. The minimum absolute atomic E-state index is 0.141. The van der Waals surface area contributed by atoms with Crippen molar-refractivity contribution >= 4 is 17.2 Å². The van der Waals surface area contributed by atoms with Gasteiger partial charge >= 0.3 is 0 Å². The number of hydrogen-bond acceptors (Lipinski definition) is 2. The van der Waals surface area contributed by atoms with E-state index in [1.54, 1.807) is 0 Å². The maximum absolute atomic E-state index is 11.3. The molecule has 0 saturated carbocycles. The summed E-state index contributed by atoms with van der Waals surface area (Å²) in [6.07, 6.45) is 5.17. The molecule has 1 atom stereocenters. The highest BCUT2D eigenvalue weighted by Crippen LogP contribution is 2.39. The van der Waals surface area contributed by atoms with E-state index in [-0.39, 0.29) is 6.04 Å². The van der Waals surface area contributed by atoms with Crippen molar-refractivity contribution in [3.8, 4) is 0 Å². The molecule has 0 aliphatic carbocycles. The highest BCUT2D eigenvalue weighted by molar-refractivity contribution is 5.86. The first kappa shape index (κ1) is 11.0. The summed E-state index contributed by atoms with van der Waals surface area (Å²) in [5, 5.41) is 1.31. The number of nitrogens with one attached hydrogen (secondary N) is 1. The number of aromatic amines is 1. The van der Waals surface area contributed by atoms with Gasteiger partial charge in [-0.1, -0.05) is 24.3 Å². The number of para-hydroxylation sites is 1. The number of nitrogens with zero attached hydrogens (tertiary/aromatic N) is 1. The molecular formula is C16H16N2O. The number of benzene rings is 1. The van der Waals surface area contributed by atoms with Crippen LogP contribution in [-0.4, -0.2) is 29.3 Å². The van der Waals surface area contributed by atoms with E-state index in [4.69, 9.17) is 0 Å². The molecule has 2 aliphatic rings. The first-order valence-corrected chi connectivity index (χ1v) is 6.87. The number of carbonyl (C=O) groups is 1. The maximum atomic E-state index is 11.3. The van der Waals surface area contributed by atoms with Gasteiger partial charge in [-0.3, -0.25) is 9.69 Å². The normalized spacial score (nSPS) is 22.7. The summed E-state index contributed by atoms with van der Waals surface area (Å²) in [5.74, 6) is 0. The van der Waals surface area contributed by atoms with Crippen molar-refractivity contribution in [3.05, 3.63) is 47.2 Å². The standard InChI is InChI=1S/C16H16N2O/c19-10-11-4-3-8-18-9-7-13-12-5-1-2-6-14(12)17-15(13)16(11)18/h1-2,4-6,10,16-17H,3,7-9H2. The lowest BCUT2D eigenvalue weighted by Gasteiger charge is -2.38. The van der Waals surface area contributed by atoms with Crippen LogP contribution in [0.4, 0.5) is 0 Å². The molecule has 1 N–H and O–H groups in total. The fourth-order valence-corrected chi connectivity index (χ4v) is 3.53. The molecular weight excluding hydrogens is 236 g/mol. The van der Waals surface area contributed by atoms with Crippen LogP contribution in [0.25, 0.3) is 10.9 Å². The van der Waals surface area contributed by atoms with Gasteiger partial charge in [0.15, 0.2) is 0 Å². The molecule has 19 heavy (non-hydrogen) atoms. The Bertz CT molecular complexity index is 683. The summed E-state index contributed by atoms with van der Waals surface area (Å²) < 4.78 is 0. The monoisotopic (exact) mass is 252 g/mol. The Balaban J connectivity index is 1.95. The zero-order valence-corrected chi connectivity index (χ0v) is 10.7. The lowest BCUT2D eigenvalue weighted by Crippen LogP contribution is -2.39. The van der Waals surface area contributed by atoms with Crippen molar-refractivity contribution in [1.82, 2.24) is 9.88 Å². The second-order valence-electron chi connectivity index (χ2n) is 5.36. The van der Waals surface area contributed by atoms with E-state index in [2.05, 4.69) is 40.2 Å². The number of carbonyl (C=O) groups excluding carboxylic acids is 1. The predicted octanol–water partition coefficient (Wildman–Crippen LogP) is 2.60. The third-order valence-corrected chi connectivity index (χ3v) is 4.38. The van der Waals surface area contributed by atoms with E-state index in [9.17, 15) is 4.79 Å². The van der Waals surface area contributed by atoms with Crippen LogP contribution in [0.1, 0.15) is 23.7 Å². The zero-order chi connectivity index (χ0) is 12.8. The molecule has 1 unspecified atom stereocenters. The molecule has 2 aromatic rings. The molecule has 4 rings (SSSR count). The van der Waals surface area contributed by atoms with E-state index >= 15 is 0 Å². The van der Waals surface area contributed by atoms with Gasteiger partial charge in [-0.05, 0) is 24.5 Å². The number of aromatic nitrogens is 1. The molecule has 0 radical (unpaired) electrons. The molecule has 0 bridgehead atoms. The lowest BCUT2D eigenvalue weighted by atomic mass is 9.90. The molecule has 3 nitrogen and oxygen atoms in total. The van der Waals surface area contributed by atoms with Crippen LogP contribution in [0.3, 0.4) is 0 Å². The average molecular weight is 252 g/mol. The van der Waals surface area contributed by atoms with Crippen LogP contribution in [0.15, 0.2) is 35.9 Å². The fourth-order valence-electron chi connectivity index (χ4n) is 3.53. The van der Waals surface area contributed by atoms with E-state index < -0.39 is 0 Å². The minimum Gasteiger partial charge on any atom is -0.357 e. The maximum Gasteiger partial charge on any atom is 0.147 e. The van der Waals surface area contributed by atoms with Gasteiger partial charge < -0.3 is 4.98 Å². The third-order valence-electron chi connectivity index (χ3n) is 4.38.